The summed E-state index contributed by atoms with van der Waals surface area (Å²) in [4.78, 5) is 35.9. The Balaban J connectivity index is 2.16. The van der Waals surface area contributed by atoms with Crippen LogP contribution in [0.15, 0.2) is 22.7 Å². The Kier molecular flexibility index (Phi) is 3.66. The Bertz CT molecular complexity index is 576. The zero-order chi connectivity index (χ0) is 14.2. The molecule has 2 rings (SSSR count). The zero-order valence-electron chi connectivity index (χ0n) is 9.94. The van der Waals surface area contributed by atoms with Crippen molar-refractivity contribution in [3.63, 3.8) is 0 Å². The van der Waals surface area contributed by atoms with Crippen molar-refractivity contribution in [3.8, 4) is 0 Å². The van der Waals surface area contributed by atoms with E-state index in [-0.39, 0.29) is 22.4 Å². The molecule has 0 saturated carbocycles. The first-order chi connectivity index (χ1) is 8.91. The molecule has 0 spiro atoms. The Morgan fingerprint density at radius 1 is 1.47 bits per heavy atom. The number of nitrogens with zero attached hydrogens (tertiary/aromatic N) is 1. The quantitative estimate of drug-likeness (QED) is 0.826. The van der Waals surface area contributed by atoms with Crippen LogP contribution in [0.5, 0.6) is 0 Å². The number of hydrogen-bond donors (Lipinski definition) is 1. The van der Waals surface area contributed by atoms with Crippen LogP contribution < -0.4 is 5.32 Å². The fourth-order valence-electron chi connectivity index (χ4n) is 1.78. The fraction of sp³-hybridized carbons (Fsp3) is 0.250. The molecule has 1 aliphatic rings. The van der Waals surface area contributed by atoms with Gasteiger partial charge in [-0.05, 0) is 28.1 Å². The molecule has 1 heterocycles. The summed E-state index contributed by atoms with van der Waals surface area (Å²) >= 11 is 2.97. The Hall–Kier alpha value is -1.76. The van der Waals surface area contributed by atoms with Gasteiger partial charge in [0.05, 0.1) is 16.5 Å². The van der Waals surface area contributed by atoms with Crippen molar-refractivity contribution in [2.75, 3.05) is 7.05 Å². The van der Waals surface area contributed by atoms with Crippen molar-refractivity contribution in [1.29, 1.82) is 0 Å². The highest BCUT2D eigenvalue weighted by atomic mass is 79.9. The molecule has 1 aromatic carbocycles. The molecular formula is C12H10BrFN2O3. The van der Waals surface area contributed by atoms with E-state index >= 15 is 0 Å². The van der Waals surface area contributed by atoms with Crippen LogP contribution >= 0.6 is 15.9 Å². The second-order valence-corrected chi connectivity index (χ2v) is 4.92. The predicted octanol–water partition coefficient (Wildman–Crippen LogP) is 1.08. The highest BCUT2D eigenvalue weighted by Crippen LogP contribution is 2.21. The van der Waals surface area contributed by atoms with Crippen LogP contribution in [0.4, 0.5) is 4.39 Å². The SMILES string of the molecule is CN1C(=O)CC(NC(=O)c2cccc(F)c2Br)C1=O. The smallest absolute Gasteiger partial charge is 0.253 e. The second kappa shape index (κ2) is 5.08. The number of likely N-dealkylation sites (N-methyl/N-ethyl adjacent to an activating group) is 1. The van der Waals surface area contributed by atoms with E-state index in [0.29, 0.717) is 0 Å². The molecule has 1 saturated heterocycles. The van der Waals surface area contributed by atoms with Gasteiger partial charge >= 0.3 is 0 Å². The summed E-state index contributed by atoms with van der Waals surface area (Å²) in [6.07, 6.45) is -0.0754. The lowest BCUT2D eigenvalue weighted by molar-refractivity contribution is -0.137. The van der Waals surface area contributed by atoms with E-state index in [1.165, 1.54) is 25.2 Å². The number of benzene rings is 1. The lowest BCUT2D eigenvalue weighted by atomic mass is 10.1. The first-order valence-corrected chi connectivity index (χ1v) is 6.26. The van der Waals surface area contributed by atoms with Crippen LogP contribution in [0.25, 0.3) is 0 Å². The third-order valence-corrected chi connectivity index (χ3v) is 3.69. The van der Waals surface area contributed by atoms with Gasteiger partial charge in [0.1, 0.15) is 11.9 Å². The number of likely N-dealkylation sites (tertiary alicyclic amines) is 1. The lowest BCUT2D eigenvalue weighted by Crippen LogP contribution is -2.40. The van der Waals surface area contributed by atoms with Crippen molar-refractivity contribution in [2.24, 2.45) is 0 Å². The van der Waals surface area contributed by atoms with Gasteiger partial charge in [0.25, 0.3) is 11.8 Å². The van der Waals surface area contributed by atoms with Gasteiger partial charge in [0, 0.05) is 7.05 Å². The summed E-state index contributed by atoms with van der Waals surface area (Å²) in [5.41, 5.74) is 0.0785. The molecular weight excluding hydrogens is 319 g/mol. The number of rotatable bonds is 2. The number of amides is 3. The summed E-state index contributed by atoms with van der Waals surface area (Å²) in [5.74, 6) is -1.99. The summed E-state index contributed by atoms with van der Waals surface area (Å²) in [7, 11) is 1.36. The van der Waals surface area contributed by atoms with Crippen molar-refractivity contribution in [3.05, 3.63) is 34.1 Å². The van der Waals surface area contributed by atoms with Crippen LogP contribution in [0.2, 0.25) is 0 Å². The Labute approximate surface area is 116 Å². The number of carbonyl (C=O) groups is 3. The van der Waals surface area contributed by atoms with Gasteiger partial charge in [-0.1, -0.05) is 6.07 Å². The van der Waals surface area contributed by atoms with E-state index in [4.69, 9.17) is 0 Å². The van der Waals surface area contributed by atoms with E-state index < -0.39 is 23.7 Å². The van der Waals surface area contributed by atoms with E-state index in [2.05, 4.69) is 21.2 Å². The average Bonchev–Trinajstić information content (AvgIpc) is 2.60. The van der Waals surface area contributed by atoms with Gasteiger partial charge in [0.2, 0.25) is 5.91 Å². The van der Waals surface area contributed by atoms with Crippen molar-refractivity contribution in [1.82, 2.24) is 10.2 Å². The molecule has 7 heteroatoms. The minimum absolute atomic E-state index is 0.0256. The number of halogens is 2. The molecule has 1 N–H and O–H groups in total. The van der Waals surface area contributed by atoms with Gasteiger partial charge in [0.15, 0.2) is 0 Å². The molecule has 100 valence electrons. The van der Waals surface area contributed by atoms with Crippen LogP contribution in [0.3, 0.4) is 0 Å². The largest absolute Gasteiger partial charge is 0.340 e. The van der Waals surface area contributed by atoms with Crippen LogP contribution in [-0.2, 0) is 9.59 Å². The zero-order valence-corrected chi connectivity index (χ0v) is 11.5. The fourth-order valence-corrected chi connectivity index (χ4v) is 2.23. The number of nitrogens with one attached hydrogen (secondary N) is 1. The third-order valence-electron chi connectivity index (χ3n) is 2.88. The summed E-state index contributed by atoms with van der Waals surface area (Å²) in [6.45, 7) is 0. The summed E-state index contributed by atoms with van der Waals surface area (Å²) in [6, 6.07) is 3.13. The molecule has 0 aromatic heterocycles. The highest BCUT2D eigenvalue weighted by Gasteiger charge is 2.37. The van der Waals surface area contributed by atoms with Gasteiger partial charge in [-0.15, -0.1) is 0 Å². The first kappa shape index (κ1) is 13.7. The standard InChI is InChI=1S/C12H10BrFN2O3/c1-16-9(17)5-8(12(16)19)15-11(18)6-3-2-4-7(14)10(6)13/h2-4,8H,5H2,1H3,(H,15,18). The molecule has 3 amide bonds. The number of hydrogen-bond acceptors (Lipinski definition) is 3. The van der Waals surface area contributed by atoms with Crippen LogP contribution in [0.1, 0.15) is 16.8 Å². The molecule has 1 atom stereocenters. The molecule has 1 unspecified atom stereocenters. The monoisotopic (exact) mass is 328 g/mol. The van der Waals surface area contributed by atoms with Gasteiger partial charge in [-0.2, -0.15) is 0 Å². The van der Waals surface area contributed by atoms with Crippen LogP contribution in [-0.4, -0.2) is 35.7 Å². The van der Waals surface area contributed by atoms with Gasteiger partial charge < -0.3 is 5.32 Å². The summed E-state index contributed by atoms with van der Waals surface area (Å²) < 4.78 is 13.3. The Morgan fingerprint density at radius 3 is 2.74 bits per heavy atom. The molecule has 0 bridgehead atoms. The predicted molar refractivity (Wildman–Crippen MR) is 67.7 cm³/mol. The first-order valence-electron chi connectivity index (χ1n) is 5.47. The highest BCUT2D eigenvalue weighted by molar-refractivity contribution is 9.10. The van der Waals surface area contributed by atoms with E-state index in [9.17, 15) is 18.8 Å². The number of carbonyl (C=O) groups excluding carboxylic acids is 3. The summed E-state index contributed by atoms with van der Waals surface area (Å²) in [5, 5.41) is 2.43. The maximum Gasteiger partial charge on any atom is 0.253 e. The molecule has 0 radical (unpaired) electrons. The maximum absolute atomic E-state index is 13.3. The van der Waals surface area contributed by atoms with E-state index in [0.717, 1.165) is 4.90 Å². The Morgan fingerprint density at radius 2 is 2.16 bits per heavy atom. The maximum atomic E-state index is 13.3. The molecule has 1 aliphatic heterocycles. The second-order valence-electron chi connectivity index (χ2n) is 4.12. The van der Waals surface area contributed by atoms with Gasteiger partial charge in [-0.25, -0.2) is 4.39 Å². The van der Waals surface area contributed by atoms with Crippen molar-refractivity contribution < 1.29 is 18.8 Å². The minimum atomic E-state index is -0.889. The lowest BCUT2D eigenvalue weighted by Gasteiger charge is -2.12. The topological polar surface area (TPSA) is 66.5 Å². The normalized spacial score (nSPS) is 18.9. The van der Waals surface area contributed by atoms with E-state index in [1.807, 2.05) is 0 Å². The van der Waals surface area contributed by atoms with Crippen molar-refractivity contribution in [2.45, 2.75) is 12.5 Å². The number of imide groups is 1. The van der Waals surface area contributed by atoms with Gasteiger partial charge in [-0.3, -0.25) is 19.3 Å². The molecule has 19 heavy (non-hydrogen) atoms. The molecule has 0 aliphatic carbocycles. The third kappa shape index (κ3) is 2.51. The molecule has 5 nitrogen and oxygen atoms in total. The van der Waals surface area contributed by atoms with Crippen LogP contribution in [0, 0.1) is 5.82 Å². The molecule has 1 fully saturated rings. The van der Waals surface area contributed by atoms with E-state index in [1.54, 1.807) is 0 Å². The molecule has 1 aromatic rings. The minimum Gasteiger partial charge on any atom is -0.340 e. The average molecular weight is 329 g/mol. The van der Waals surface area contributed by atoms with Crippen molar-refractivity contribution >= 4 is 33.7 Å².